The van der Waals surface area contributed by atoms with Gasteiger partial charge in [0.05, 0.1) is 11.6 Å². The first-order chi connectivity index (χ1) is 9.45. The Kier molecular flexibility index (Phi) is 4.45. The minimum Gasteiger partial charge on any atom is -0.496 e. The highest BCUT2D eigenvalue weighted by molar-refractivity contribution is 9.10. The molecule has 2 nitrogen and oxygen atoms in total. The summed E-state index contributed by atoms with van der Waals surface area (Å²) in [7, 11) is 1.61. The van der Waals surface area contributed by atoms with E-state index in [-0.39, 0.29) is 5.82 Å². The van der Waals surface area contributed by atoms with Crippen LogP contribution in [0, 0.1) is 19.7 Å². The number of aliphatic hydroxyl groups excluding tert-OH is 1. The van der Waals surface area contributed by atoms with Crippen molar-refractivity contribution in [3.63, 3.8) is 0 Å². The molecule has 0 amide bonds. The van der Waals surface area contributed by atoms with Gasteiger partial charge < -0.3 is 9.84 Å². The summed E-state index contributed by atoms with van der Waals surface area (Å²) in [4.78, 5) is 0. The third-order valence-corrected chi connectivity index (χ3v) is 4.19. The van der Waals surface area contributed by atoms with E-state index >= 15 is 0 Å². The first-order valence-electron chi connectivity index (χ1n) is 6.22. The molecule has 0 aliphatic rings. The van der Waals surface area contributed by atoms with Crippen molar-refractivity contribution >= 4 is 15.9 Å². The molecule has 1 atom stereocenters. The van der Waals surface area contributed by atoms with Gasteiger partial charge in [0.15, 0.2) is 0 Å². The van der Waals surface area contributed by atoms with E-state index in [1.165, 1.54) is 6.07 Å². The molecule has 0 saturated heterocycles. The minimum absolute atomic E-state index is 0.292. The maximum atomic E-state index is 13.6. The minimum atomic E-state index is -0.885. The summed E-state index contributed by atoms with van der Waals surface area (Å²) in [6.07, 6.45) is -0.885. The van der Waals surface area contributed by atoms with E-state index in [2.05, 4.69) is 15.9 Å². The number of aliphatic hydroxyl groups is 1. The molecule has 4 heteroatoms. The standard InChI is InChI=1S/C16H16BrFO2/c1-9-8-14(20-3)10(2)7-12(9)16(19)11-5-4-6-13(18)15(11)17/h4-8,16,19H,1-3H3. The van der Waals surface area contributed by atoms with Crippen LogP contribution in [0.15, 0.2) is 34.8 Å². The third kappa shape index (κ3) is 2.72. The average molecular weight is 339 g/mol. The fourth-order valence-corrected chi connectivity index (χ4v) is 2.71. The Morgan fingerprint density at radius 3 is 2.50 bits per heavy atom. The SMILES string of the molecule is COc1cc(C)c(C(O)c2cccc(F)c2Br)cc1C. The lowest BCUT2D eigenvalue weighted by Gasteiger charge is -2.18. The second kappa shape index (κ2) is 5.94. The van der Waals surface area contributed by atoms with Gasteiger partial charge in [-0.05, 0) is 64.7 Å². The van der Waals surface area contributed by atoms with Crippen LogP contribution in [0.3, 0.4) is 0 Å². The van der Waals surface area contributed by atoms with E-state index in [9.17, 15) is 9.50 Å². The van der Waals surface area contributed by atoms with Gasteiger partial charge in [0.2, 0.25) is 0 Å². The maximum absolute atomic E-state index is 13.6. The van der Waals surface area contributed by atoms with Crippen LogP contribution in [0.5, 0.6) is 5.75 Å². The van der Waals surface area contributed by atoms with E-state index in [0.717, 1.165) is 22.4 Å². The number of halogens is 2. The smallest absolute Gasteiger partial charge is 0.137 e. The van der Waals surface area contributed by atoms with Crippen LogP contribution in [0.2, 0.25) is 0 Å². The Morgan fingerprint density at radius 2 is 1.85 bits per heavy atom. The molecule has 106 valence electrons. The number of ether oxygens (including phenoxy) is 1. The van der Waals surface area contributed by atoms with Crippen molar-refractivity contribution in [2.24, 2.45) is 0 Å². The molecule has 0 radical (unpaired) electrons. The summed E-state index contributed by atoms with van der Waals surface area (Å²) in [6, 6.07) is 8.39. The van der Waals surface area contributed by atoms with Crippen LogP contribution in [0.4, 0.5) is 4.39 Å². The van der Waals surface area contributed by atoms with Gasteiger partial charge in [-0.1, -0.05) is 12.1 Å². The van der Waals surface area contributed by atoms with Crippen LogP contribution in [-0.2, 0) is 0 Å². The summed E-state index contributed by atoms with van der Waals surface area (Å²) in [5.41, 5.74) is 3.09. The summed E-state index contributed by atoms with van der Waals surface area (Å²) < 4.78 is 19.1. The van der Waals surface area contributed by atoms with Gasteiger partial charge in [-0.3, -0.25) is 0 Å². The summed E-state index contributed by atoms with van der Waals surface area (Å²) >= 11 is 3.19. The van der Waals surface area contributed by atoms with Crippen LogP contribution in [0.25, 0.3) is 0 Å². The predicted molar refractivity (Wildman–Crippen MR) is 80.6 cm³/mol. The van der Waals surface area contributed by atoms with Crippen molar-refractivity contribution in [1.82, 2.24) is 0 Å². The summed E-state index contributed by atoms with van der Waals surface area (Å²) in [5.74, 6) is 0.390. The number of hydrogen-bond acceptors (Lipinski definition) is 2. The molecule has 0 bridgehead atoms. The Morgan fingerprint density at radius 1 is 1.15 bits per heavy atom. The van der Waals surface area contributed by atoms with E-state index in [4.69, 9.17) is 4.74 Å². The molecule has 0 aliphatic carbocycles. The van der Waals surface area contributed by atoms with Crippen molar-refractivity contribution in [2.45, 2.75) is 20.0 Å². The highest BCUT2D eigenvalue weighted by atomic mass is 79.9. The molecule has 0 heterocycles. The highest BCUT2D eigenvalue weighted by Crippen LogP contribution is 2.34. The van der Waals surface area contributed by atoms with Crippen LogP contribution >= 0.6 is 15.9 Å². The lowest BCUT2D eigenvalue weighted by Crippen LogP contribution is -2.05. The molecule has 2 rings (SSSR count). The Labute approximate surface area is 126 Å². The fraction of sp³-hybridized carbons (Fsp3) is 0.250. The monoisotopic (exact) mass is 338 g/mol. The van der Waals surface area contributed by atoms with E-state index in [1.807, 2.05) is 26.0 Å². The second-order valence-electron chi connectivity index (χ2n) is 4.72. The van der Waals surface area contributed by atoms with E-state index in [1.54, 1.807) is 19.2 Å². The molecule has 0 fully saturated rings. The third-order valence-electron chi connectivity index (χ3n) is 3.35. The molecule has 1 N–H and O–H groups in total. The first kappa shape index (κ1) is 15.0. The van der Waals surface area contributed by atoms with Gasteiger partial charge in [0.1, 0.15) is 17.7 Å². The lowest BCUT2D eigenvalue weighted by molar-refractivity contribution is 0.218. The maximum Gasteiger partial charge on any atom is 0.137 e. The summed E-state index contributed by atoms with van der Waals surface area (Å²) in [6.45, 7) is 3.81. The van der Waals surface area contributed by atoms with Gasteiger partial charge >= 0.3 is 0 Å². The quantitative estimate of drug-likeness (QED) is 0.904. The van der Waals surface area contributed by atoms with Crippen molar-refractivity contribution in [2.75, 3.05) is 7.11 Å². The van der Waals surface area contributed by atoms with Gasteiger partial charge in [-0.15, -0.1) is 0 Å². The van der Waals surface area contributed by atoms with E-state index < -0.39 is 6.10 Å². The zero-order valence-electron chi connectivity index (χ0n) is 11.6. The van der Waals surface area contributed by atoms with Crippen LogP contribution in [-0.4, -0.2) is 12.2 Å². The van der Waals surface area contributed by atoms with Gasteiger partial charge in [0, 0.05) is 5.56 Å². The fourth-order valence-electron chi connectivity index (χ4n) is 2.23. The molecule has 0 saturated carbocycles. The molecule has 20 heavy (non-hydrogen) atoms. The highest BCUT2D eigenvalue weighted by Gasteiger charge is 2.19. The van der Waals surface area contributed by atoms with Crippen molar-refractivity contribution < 1.29 is 14.2 Å². The first-order valence-corrected chi connectivity index (χ1v) is 7.02. The van der Waals surface area contributed by atoms with Crippen molar-refractivity contribution in [3.8, 4) is 5.75 Å². The van der Waals surface area contributed by atoms with Crippen molar-refractivity contribution in [3.05, 3.63) is 62.9 Å². The van der Waals surface area contributed by atoms with Crippen LogP contribution in [0.1, 0.15) is 28.4 Å². The summed E-state index contributed by atoms with van der Waals surface area (Å²) in [5, 5.41) is 10.5. The lowest BCUT2D eigenvalue weighted by atomic mass is 9.95. The predicted octanol–water partition coefficient (Wildman–Crippen LogP) is 4.30. The second-order valence-corrected chi connectivity index (χ2v) is 5.52. The topological polar surface area (TPSA) is 29.5 Å². The molecule has 0 aliphatic heterocycles. The Balaban J connectivity index is 2.51. The number of benzene rings is 2. The number of aryl methyl sites for hydroxylation is 2. The Hall–Kier alpha value is -1.39. The number of methoxy groups -OCH3 is 1. The zero-order chi connectivity index (χ0) is 14.9. The van der Waals surface area contributed by atoms with Gasteiger partial charge in [-0.2, -0.15) is 0 Å². The van der Waals surface area contributed by atoms with Crippen molar-refractivity contribution in [1.29, 1.82) is 0 Å². The Bertz CT molecular complexity index is 641. The zero-order valence-corrected chi connectivity index (χ0v) is 13.2. The van der Waals surface area contributed by atoms with Gasteiger partial charge in [-0.25, -0.2) is 4.39 Å². The molecule has 2 aromatic rings. The van der Waals surface area contributed by atoms with Crippen LogP contribution < -0.4 is 4.74 Å². The molecule has 0 spiro atoms. The number of hydrogen-bond donors (Lipinski definition) is 1. The molecular formula is C16H16BrFO2. The molecular weight excluding hydrogens is 323 g/mol. The molecule has 0 aromatic heterocycles. The van der Waals surface area contributed by atoms with E-state index in [0.29, 0.717) is 10.0 Å². The average Bonchev–Trinajstić information content (AvgIpc) is 2.43. The normalized spacial score (nSPS) is 12.3. The number of rotatable bonds is 3. The molecule has 2 aromatic carbocycles. The van der Waals surface area contributed by atoms with Gasteiger partial charge in [0.25, 0.3) is 0 Å². The molecule has 1 unspecified atom stereocenters. The largest absolute Gasteiger partial charge is 0.496 e.